The quantitative estimate of drug-likeness (QED) is 0.195. The second-order valence-corrected chi connectivity index (χ2v) is 8.12. The fourth-order valence-corrected chi connectivity index (χ4v) is 5.36. The molecule has 0 fully saturated rings. The van der Waals surface area contributed by atoms with Gasteiger partial charge < -0.3 is 8.83 Å². The van der Waals surface area contributed by atoms with E-state index in [1.807, 2.05) is 0 Å². The maximum Gasteiger partial charge on any atom is 0.136 e. The lowest BCUT2D eigenvalue weighted by Gasteiger charge is -2.21. The number of rotatable bonds is 0. The lowest BCUT2D eigenvalue weighted by atomic mass is 9.87. The summed E-state index contributed by atoms with van der Waals surface area (Å²) in [5.74, 6) is 0. The van der Waals surface area contributed by atoms with Gasteiger partial charge in [-0.15, -0.1) is 0 Å². The fourth-order valence-electron chi connectivity index (χ4n) is 5.36. The molecule has 0 radical (unpaired) electrons. The molecule has 138 valence electrons. The summed E-state index contributed by atoms with van der Waals surface area (Å²) < 4.78 is 13.0. The third kappa shape index (κ3) is 1.63. The van der Waals surface area contributed by atoms with Crippen molar-refractivity contribution in [1.29, 1.82) is 0 Å². The molecule has 2 aliphatic heterocycles. The Morgan fingerprint density at radius 2 is 0.867 bits per heavy atom. The number of hydrogen-bond acceptors (Lipinski definition) is 2. The molecule has 0 unspecified atom stereocenters. The van der Waals surface area contributed by atoms with Crippen LogP contribution in [0.5, 0.6) is 0 Å². The Kier molecular flexibility index (Phi) is 2.44. The molecule has 30 heavy (non-hydrogen) atoms. The SMILES string of the molecule is c1ccc2c(c1)cc1oc3ccc4c5ccccc5cc5oc6ccc2c1c6-c3c54. The molecule has 0 aromatic heterocycles. The molecule has 0 saturated carbocycles. The molecular weight excluding hydrogens is 368 g/mol. The van der Waals surface area contributed by atoms with Gasteiger partial charge in [0.1, 0.15) is 22.3 Å². The topological polar surface area (TPSA) is 26.3 Å². The predicted octanol–water partition coefficient (Wildman–Crippen LogP) is 8.33. The van der Waals surface area contributed by atoms with Gasteiger partial charge in [0.05, 0.1) is 0 Å². The molecule has 0 bridgehead atoms. The first-order valence-electron chi connectivity index (χ1n) is 10.2. The van der Waals surface area contributed by atoms with Gasteiger partial charge in [-0.05, 0) is 68.7 Å². The number of benzene rings is 6. The molecule has 6 aromatic rings. The van der Waals surface area contributed by atoms with Crippen LogP contribution in [-0.2, 0) is 0 Å². The van der Waals surface area contributed by atoms with E-state index >= 15 is 0 Å². The molecule has 2 nitrogen and oxygen atoms in total. The number of hydrogen-bond donors (Lipinski definition) is 0. The van der Waals surface area contributed by atoms with Crippen LogP contribution >= 0.6 is 0 Å². The molecule has 0 saturated heterocycles. The minimum atomic E-state index is 0.902. The van der Waals surface area contributed by atoms with E-state index in [9.17, 15) is 0 Å². The van der Waals surface area contributed by atoms with Gasteiger partial charge in [0.25, 0.3) is 0 Å². The third-order valence-electron chi connectivity index (χ3n) is 6.59. The van der Waals surface area contributed by atoms with Crippen molar-refractivity contribution in [3.05, 3.63) is 84.9 Å². The van der Waals surface area contributed by atoms with Crippen LogP contribution in [-0.4, -0.2) is 0 Å². The third-order valence-corrected chi connectivity index (χ3v) is 6.59. The van der Waals surface area contributed by atoms with E-state index in [0.29, 0.717) is 0 Å². The van der Waals surface area contributed by atoms with Gasteiger partial charge in [-0.3, -0.25) is 0 Å². The highest BCUT2D eigenvalue weighted by Crippen LogP contribution is 2.50. The minimum absolute atomic E-state index is 0.902. The smallest absolute Gasteiger partial charge is 0.136 e. The predicted molar refractivity (Wildman–Crippen MR) is 124 cm³/mol. The Balaban J connectivity index is 1.73. The van der Waals surface area contributed by atoms with Crippen molar-refractivity contribution < 1.29 is 8.83 Å². The van der Waals surface area contributed by atoms with Crippen molar-refractivity contribution in [1.82, 2.24) is 0 Å². The van der Waals surface area contributed by atoms with Crippen molar-refractivity contribution in [3.8, 4) is 11.1 Å². The van der Waals surface area contributed by atoms with Crippen LogP contribution in [0, 0.1) is 0 Å². The molecule has 0 amide bonds. The maximum atomic E-state index is 6.50. The minimum Gasteiger partial charge on any atom is -0.456 e. The van der Waals surface area contributed by atoms with Gasteiger partial charge in [-0.2, -0.15) is 0 Å². The van der Waals surface area contributed by atoms with Crippen LogP contribution in [0.3, 0.4) is 0 Å². The summed E-state index contributed by atoms with van der Waals surface area (Å²) in [6.45, 7) is 0. The average Bonchev–Trinajstić information content (AvgIpc) is 2.80. The maximum absolute atomic E-state index is 6.50. The summed E-state index contributed by atoms with van der Waals surface area (Å²) in [6.07, 6.45) is 0. The van der Waals surface area contributed by atoms with E-state index < -0.39 is 0 Å². The molecule has 0 spiro atoms. The molecule has 8 rings (SSSR count). The first-order valence-corrected chi connectivity index (χ1v) is 10.2. The molecule has 0 aliphatic carbocycles. The zero-order valence-electron chi connectivity index (χ0n) is 15.9. The fraction of sp³-hybridized carbons (Fsp3) is 0. The molecule has 6 aromatic carbocycles. The Bertz CT molecular complexity index is 1760. The van der Waals surface area contributed by atoms with Crippen molar-refractivity contribution in [3.63, 3.8) is 0 Å². The Morgan fingerprint density at radius 3 is 1.37 bits per heavy atom. The largest absolute Gasteiger partial charge is 0.456 e. The van der Waals surface area contributed by atoms with Crippen LogP contribution in [0.2, 0.25) is 0 Å². The van der Waals surface area contributed by atoms with E-state index in [4.69, 9.17) is 8.83 Å². The van der Waals surface area contributed by atoms with Crippen molar-refractivity contribution in [2.75, 3.05) is 0 Å². The van der Waals surface area contributed by atoms with E-state index in [1.54, 1.807) is 0 Å². The number of fused-ring (bicyclic) bond motifs is 4. The molecule has 0 N–H and O–H groups in total. The van der Waals surface area contributed by atoms with Crippen LogP contribution < -0.4 is 0 Å². The Labute approximate surface area is 170 Å². The molecule has 0 atom stereocenters. The van der Waals surface area contributed by atoms with Crippen LogP contribution in [0.15, 0.2) is 93.8 Å². The normalized spacial score (nSPS) is 12.7. The summed E-state index contributed by atoms with van der Waals surface area (Å²) in [5, 5.41) is 9.55. The zero-order valence-corrected chi connectivity index (χ0v) is 15.9. The van der Waals surface area contributed by atoms with Crippen molar-refractivity contribution >= 4 is 65.4 Å². The highest BCUT2D eigenvalue weighted by Gasteiger charge is 2.25. The standard InChI is InChI=1S/C28H14O2/c1-3-7-17-15(5-1)13-23-25-19(17)9-11-22-27(25)28-21(29-23)12-10-20-18-8-4-2-6-16(18)14-24(30-22)26(20)28/h1-14H. The molecule has 2 heteroatoms. The van der Waals surface area contributed by atoms with E-state index in [0.717, 1.165) is 44.2 Å². The second-order valence-electron chi connectivity index (χ2n) is 8.12. The van der Waals surface area contributed by atoms with Gasteiger partial charge >= 0.3 is 0 Å². The monoisotopic (exact) mass is 382 g/mol. The summed E-state index contributed by atoms with van der Waals surface area (Å²) in [4.78, 5) is 0. The highest BCUT2D eigenvalue weighted by molar-refractivity contribution is 6.30. The van der Waals surface area contributed by atoms with Crippen molar-refractivity contribution in [2.24, 2.45) is 0 Å². The Hall–Kier alpha value is -4.04. The summed E-state index contributed by atoms with van der Waals surface area (Å²) in [7, 11) is 0. The highest BCUT2D eigenvalue weighted by atomic mass is 16.3. The summed E-state index contributed by atoms with van der Waals surface area (Å²) >= 11 is 0. The first-order chi connectivity index (χ1) is 14.9. The van der Waals surface area contributed by atoms with Gasteiger partial charge in [0, 0.05) is 21.9 Å². The van der Waals surface area contributed by atoms with Gasteiger partial charge in [0.15, 0.2) is 0 Å². The molecular formula is C28H14O2. The Morgan fingerprint density at radius 1 is 0.400 bits per heavy atom. The van der Waals surface area contributed by atoms with Gasteiger partial charge in [-0.25, -0.2) is 0 Å². The zero-order chi connectivity index (χ0) is 19.4. The average molecular weight is 382 g/mol. The van der Waals surface area contributed by atoms with E-state index in [-0.39, 0.29) is 0 Å². The van der Waals surface area contributed by atoms with Gasteiger partial charge in [-0.1, -0.05) is 48.5 Å². The summed E-state index contributed by atoms with van der Waals surface area (Å²) in [5.41, 5.74) is 5.92. The summed E-state index contributed by atoms with van der Waals surface area (Å²) in [6, 6.07) is 29.9. The van der Waals surface area contributed by atoms with E-state index in [2.05, 4.69) is 84.9 Å². The van der Waals surface area contributed by atoms with Crippen LogP contribution in [0.1, 0.15) is 0 Å². The van der Waals surface area contributed by atoms with E-state index in [1.165, 1.54) is 32.3 Å². The second kappa shape index (κ2) is 4.92. The van der Waals surface area contributed by atoms with Gasteiger partial charge in [0.2, 0.25) is 0 Å². The first kappa shape index (κ1) is 14.9. The lowest BCUT2D eigenvalue weighted by Crippen LogP contribution is -1.95. The molecule has 2 aliphatic rings. The van der Waals surface area contributed by atoms with Crippen LogP contribution in [0.25, 0.3) is 76.5 Å². The lowest BCUT2D eigenvalue weighted by molar-refractivity contribution is 0.647. The molecule has 2 heterocycles. The van der Waals surface area contributed by atoms with Crippen LogP contribution in [0.4, 0.5) is 0 Å². The van der Waals surface area contributed by atoms with Crippen molar-refractivity contribution in [2.45, 2.75) is 0 Å².